The smallest absolute Gasteiger partial charge is 0.255 e. The van der Waals surface area contributed by atoms with Crippen LogP contribution in [0.4, 0.5) is 15.8 Å². The van der Waals surface area contributed by atoms with Crippen LogP contribution in [0, 0.1) is 12.7 Å². The minimum atomic E-state index is -0.303. The molecule has 170 valence electrons. The van der Waals surface area contributed by atoms with Gasteiger partial charge in [-0.3, -0.25) is 9.78 Å². The summed E-state index contributed by atoms with van der Waals surface area (Å²) in [5, 5.41) is 6.41. The lowest BCUT2D eigenvalue weighted by molar-refractivity contribution is -0.0720. The second kappa shape index (κ2) is 7.59. The number of rotatable bonds is 6. The van der Waals surface area contributed by atoms with Crippen molar-refractivity contribution in [3.8, 4) is 17.0 Å². The van der Waals surface area contributed by atoms with Crippen molar-refractivity contribution in [2.24, 2.45) is 0 Å². The standard InChI is InChI=1S/C25H25FN4O3/c1-14-17(26)3-2-4-18(14)29-22-20-23(25(7-8-25)13-28-24(20)31)30-21(22)16-5-9-27-11-19(16)33-12-15-6-10-32-15/h2-5,9,11,15,29-30H,6-8,10,12-13H2,1H3,(H,28,31)/t15-/m1/s1. The molecule has 3 N–H and O–H groups in total. The van der Waals surface area contributed by atoms with Crippen LogP contribution in [0.25, 0.3) is 11.3 Å². The molecule has 0 bridgehead atoms. The van der Waals surface area contributed by atoms with Crippen LogP contribution in [-0.4, -0.2) is 41.7 Å². The second-order valence-electron chi connectivity index (χ2n) is 9.09. The predicted molar refractivity (Wildman–Crippen MR) is 122 cm³/mol. The van der Waals surface area contributed by atoms with Gasteiger partial charge in [-0.15, -0.1) is 0 Å². The summed E-state index contributed by atoms with van der Waals surface area (Å²) in [4.78, 5) is 20.8. The highest BCUT2D eigenvalue weighted by atomic mass is 19.1. The molecule has 6 rings (SSSR count). The van der Waals surface area contributed by atoms with E-state index in [1.165, 1.54) is 6.07 Å². The number of fused-ring (bicyclic) bond motifs is 2. The average molecular weight is 448 g/mol. The maximum Gasteiger partial charge on any atom is 0.255 e. The predicted octanol–water partition coefficient (Wildman–Crippen LogP) is 4.21. The van der Waals surface area contributed by atoms with Gasteiger partial charge in [0.05, 0.1) is 29.2 Å². The number of amides is 1. The number of hydrogen-bond acceptors (Lipinski definition) is 5. The second-order valence-corrected chi connectivity index (χ2v) is 9.09. The number of carbonyl (C=O) groups is 1. The van der Waals surface area contributed by atoms with Gasteiger partial charge >= 0.3 is 0 Å². The Labute approximate surface area is 190 Å². The lowest BCUT2D eigenvalue weighted by Gasteiger charge is -2.26. The van der Waals surface area contributed by atoms with Crippen molar-refractivity contribution in [2.75, 3.05) is 25.1 Å². The molecular weight excluding hydrogens is 423 g/mol. The van der Waals surface area contributed by atoms with Gasteiger partial charge in [-0.25, -0.2) is 4.39 Å². The summed E-state index contributed by atoms with van der Waals surface area (Å²) in [7, 11) is 0. The Morgan fingerprint density at radius 1 is 1.33 bits per heavy atom. The summed E-state index contributed by atoms with van der Waals surface area (Å²) in [5.74, 6) is 0.166. The number of pyridine rings is 1. The quantitative estimate of drug-likeness (QED) is 0.526. The molecule has 4 heterocycles. The zero-order valence-electron chi connectivity index (χ0n) is 18.3. The minimum absolute atomic E-state index is 0.0667. The van der Waals surface area contributed by atoms with Crippen LogP contribution in [0.2, 0.25) is 0 Å². The summed E-state index contributed by atoms with van der Waals surface area (Å²) >= 11 is 0. The monoisotopic (exact) mass is 448 g/mol. The number of aromatic amines is 1. The van der Waals surface area contributed by atoms with Crippen LogP contribution >= 0.6 is 0 Å². The number of hydrogen-bond donors (Lipinski definition) is 3. The molecule has 2 aromatic heterocycles. The third kappa shape index (κ3) is 3.36. The fraction of sp³-hybridized carbons (Fsp3) is 0.360. The third-order valence-corrected chi connectivity index (χ3v) is 7.00. The van der Waals surface area contributed by atoms with Crippen molar-refractivity contribution < 1.29 is 18.7 Å². The highest BCUT2D eigenvalue weighted by Gasteiger charge is 2.51. The molecule has 2 aliphatic heterocycles. The average Bonchev–Trinajstić information content (AvgIpc) is 3.46. The molecular formula is C25H25FN4O3. The number of anilines is 2. The molecule has 3 aliphatic rings. The first-order valence-corrected chi connectivity index (χ1v) is 11.3. The maximum atomic E-state index is 14.3. The molecule has 0 radical (unpaired) electrons. The van der Waals surface area contributed by atoms with Gasteiger partial charge in [0.25, 0.3) is 5.91 Å². The van der Waals surface area contributed by atoms with Crippen LogP contribution in [-0.2, 0) is 10.2 Å². The van der Waals surface area contributed by atoms with Gasteiger partial charge in [-0.05, 0) is 38.0 Å². The van der Waals surface area contributed by atoms with Crippen molar-refractivity contribution in [3.05, 3.63) is 59.3 Å². The zero-order valence-corrected chi connectivity index (χ0v) is 18.3. The minimum Gasteiger partial charge on any atom is -0.489 e. The van der Waals surface area contributed by atoms with E-state index in [0.29, 0.717) is 41.4 Å². The molecule has 1 aliphatic carbocycles. The van der Waals surface area contributed by atoms with Crippen molar-refractivity contribution >= 4 is 17.3 Å². The normalized spacial score (nSPS) is 20.1. The molecule has 1 saturated carbocycles. The highest BCUT2D eigenvalue weighted by Crippen LogP contribution is 2.54. The summed E-state index contributed by atoms with van der Waals surface area (Å²) in [6.45, 7) is 3.54. The van der Waals surface area contributed by atoms with Gasteiger partial charge in [0.1, 0.15) is 18.2 Å². The van der Waals surface area contributed by atoms with Crippen LogP contribution < -0.4 is 15.4 Å². The Balaban J connectivity index is 1.48. The molecule has 1 aromatic carbocycles. The summed E-state index contributed by atoms with van der Waals surface area (Å²) in [6.07, 6.45) is 6.46. The molecule has 7 nitrogen and oxygen atoms in total. The van der Waals surface area contributed by atoms with Crippen molar-refractivity contribution in [2.45, 2.75) is 37.7 Å². The van der Waals surface area contributed by atoms with E-state index in [1.54, 1.807) is 25.4 Å². The van der Waals surface area contributed by atoms with E-state index < -0.39 is 0 Å². The molecule has 33 heavy (non-hydrogen) atoms. The van der Waals surface area contributed by atoms with Gasteiger partial charge in [0, 0.05) is 53.7 Å². The summed E-state index contributed by atoms with van der Waals surface area (Å²) in [5.41, 5.74) is 4.70. The van der Waals surface area contributed by atoms with Crippen molar-refractivity contribution in [1.82, 2.24) is 15.3 Å². The van der Waals surface area contributed by atoms with E-state index in [4.69, 9.17) is 9.47 Å². The SMILES string of the molecule is Cc1c(F)cccc1Nc1c(-c2ccncc2OC[C@H]2CCO2)[nH]c2c1C(=O)NCC21CC1. The number of ether oxygens (including phenoxy) is 2. The van der Waals surface area contributed by atoms with Crippen molar-refractivity contribution in [3.63, 3.8) is 0 Å². The molecule has 2 fully saturated rings. The Morgan fingerprint density at radius 2 is 2.18 bits per heavy atom. The van der Waals surface area contributed by atoms with E-state index in [1.807, 2.05) is 12.1 Å². The molecule has 1 saturated heterocycles. The van der Waals surface area contributed by atoms with Crippen LogP contribution in [0.15, 0.2) is 36.7 Å². The molecule has 3 aromatic rings. The van der Waals surface area contributed by atoms with Crippen LogP contribution in [0.3, 0.4) is 0 Å². The number of nitrogens with one attached hydrogen (secondary N) is 3. The van der Waals surface area contributed by atoms with Gasteiger partial charge in [0.15, 0.2) is 0 Å². The Hall–Kier alpha value is -3.39. The van der Waals surface area contributed by atoms with E-state index in [0.717, 1.165) is 42.8 Å². The topological polar surface area (TPSA) is 88.3 Å². The highest BCUT2D eigenvalue weighted by molar-refractivity contribution is 6.07. The van der Waals surface area contributed by atoms with Gasteiger partial charge in [-0.1, -0.05) is 6.07 Å². The number of H-pyrrole nitrogens is 1. The fourth-order valence-corrected chi connectivity index (χ4v) is 4.63. The molecule has 1 spiro atoms. The number of benzene rings is 1. The van der Waals surface area contributed by atoms with E-state index in [-0.39, 0.29) is 23.2 Å². The number of halogens is 1. The fourth-order valence-electron chi connectivity index (χ4n) is 4.63. The Kier molecular flexibility index (Phi) is 4.65. The first-order chi connectivity index (χ1) is 16.1. The Bertz CT molecular complexity index is 1250. The Morgan fingerprint density at radius 3 is 2.94 bits per heavy atom. The van der Waals surface area contributed by atoms with E-state index in [2.05, 4.69) is 20.6 Å². The molecule has 1 amide bonds. The molecule has 1 atom stereocenters. The van der Waals surface area contributed by atoms with E-state index >= 15 is 0 Å². The lowest BCUT2D eigenvalue weighted by Crippen LogP contribution is -2.39. The third-order valence-electron chi connectivity index (χ3n) is 7.00. The first kappa shape index (κ1) is 20.2. The molecule has 8 heteroatoms. The van der Waals surface area contributed by atoms with Crippen LogP contribution in [0.5, 0.6) is 5.75 Å². The lowest BCUT2D eigenvalue weighted by atomic mass is 9.93. The number of carbonyl (C=O) groups excluding carboxylic acids is 1. The summed E-state index contributed by atoms with van der Waals surface area (Å²) < 4.78 is 25.9. The zero-order chi connectivity index (χ0) is 22.6. The van der Waals surface area contributed by atoms with E-state index in [9.17, 15) is 9.18 Å². The first-order valence-electron chi connectivity index (χ1n) is 11.3. The van der Waals surface area contributed by atoms with Gasteiger partial charge in [0.2, 0.25) is 0 Å². The number of aromatic nitrogens is 2. The van der Waals surface area contributed by atoms with Gasteiger partial charge < -0.3 is 25.1 Å². The summed E-state index contributed by atoms with van der Waals surface area (Å²) in [6, 6.07) is 6.77. The van der Waals surface area contributed by atoms with Gasteiger partial charge in [-0.2, -0.15) is 0 Å². The maximum absolute atomic E-state index is 14.3. The number of nitrogens with zero attached hydrogens (tertiary/aromatic N) is 1. The molecule has 0 unspecified atom stereocenters. The largest absolute Gasteiger partial charge is 0.489 e. The van der Waals surface area contributed by atoms with Crippen LogP contribution in [0.1, 0.15) is 40.9 Å². The van der Waals surface area contributed by atoms with Crippen molar-refractivity contribution in [1.29, 1.82) is 0 Å².